The topological polar surface area (TPSA) is 35.6 Å². The van der Waals surface area contributed by atoms with Gasteiger partial charge in [0.15, 0.2) is 0 Å². The molecule has 0 N–H and O–H groups in total. The lowest BCUT2D eigenvalue weighted by molar-refractivity contribution is 0.925. The van der Waals surface area contributed by atoms with E-state index in [9.17, 15) is 0 Å². The van der Waals surface area contributed by atoms with Crippen LogP contribution >= 0.6 is 0 Å². The van der Waals surface area contributed by atoms with Crippen molar-refractivity contribution in [2.75, 3.05) is 0 Å². The lowest BCUT2D eigenvalue weighted by atomic mass is 9.93. The second-order valence-corrected chi connectivity index (χ2v) is 15.9. The Hall–Kier alpha value is -6.78. The van der Waals surface area contributed by atoms with E-state index >= 15 is 0 Å². The Bertz CT molecular complexity index is 3140. The van der Waals surface area contributed by atoms with E-state index < -0.39 is 0 Å². The first-order valence-corrected chi connectivity index (χ1v) is 20.3. The van der Waals surface area contributed by atoms with Crippen molar-refractivity contribution in [1.82, 2.24) is 19.1 Å². The highest BCUT2D eigenvalue weighted by Gasteiger charge is 2.21. The van der Waals surface area contributed by atoms with Crippen LogP contribution < -0.4 is 0 Å². The maximum atomic E-state index is 4.62. The van der Waals surface area contributed by atoms with Gasteiger partial charge in [0, 0.05) is 33.9 Å². The third-order valence-corrected chi connectivity index (χ3v) is 11.5. The Morgan fingerprint density at radius 3 is 1.91 bits per heavy atom. The molecule has 9 rings (SSSR count). The fourth-order valence-corrected chi connectivity index (χ4v) is 8.79. The molecule has 0 spiro atoms. The predicted octanol–water partition coefficient (Wildman–Crippen LogP) is 14.4. The second-order valence-electron chi connectivity index (χ2n) is 15.9. The molecule has 0 radical (unpaired) electrons. The van der Waals surface area contributed by atoms with Gasteiger partial charge in [0.25, 0.3) is 0 Å². The number of hydrogen-bond donors (Lipinski definition) is 0. The van der Waals surface area contributed by atoms with Crippen LogP contribution in [0.15, 0.2) is 158 Å². The summed E-state index contributed by atoms with van der Waals surface area (Å²) in [6.45, 7) is 17.1. The van der Waals surface area contributed by atoms with E-state index in [1.54, 1.807) is 0 Å². The number of benzene rings is 5. The fraction of sp³-hybridized carbons (Fsp3) is 0.148. The van der Waals surface area contributed by atoms with E-state index in [1.807, 2.05) is 30.9 Å². The number of hydrogen-bond acceptors (Lipinski definition) is 2. The van der Waals surface area contributed by atoms with Gasteiger partial charge >= 0.3 is 0 Å². The van der Waals surface area contributed by atoms with Gasteiger partial charge in [-0.3, -0.25) is 9.97 Å². The highest BCUT2D eigenvalue weighted by atomic mass is 15.0. The number of pyridine rings is 2. The largest absolute Gasteiger partial charge is 0.307 e. The zero-order valence-electron chi connectivity index (χ0n) is 34.3. The van der Waals surface area contributed by atoms with Crippen LogP contribution in [0.25, 0.3) is 82.8 Å². The Morgan fingerprint density at radius 1 is 0.621 bits per heavy atom. The maximum Gasteiger partial charge on any atom is 0.0674 e. The minimum absolute atomic E-state index is 0.969. The molecule has 0 saturated heterocycles. The van der Waals surface area contributed by atoms with Crippen LogP contribution in [0.5, 0.6) is 0 Å². The quantitative estimate of drug-likeness (QED) is 0.138. The molecule has 0 aliphatic rings. The third-order valence-electron chi connectivity index (χ3n) is 11.5. The summed E-state index contributed by atoms with van der Waals surface area (Å²) >= 11 is 0. The van der Waals surface area contributed by atoms with Gasteiger partial charge in [-0.2, -0.15) is 0 Å². The van der Waals surface area contributed by atoms with Gasteiger partial charge in [-0.05, 0) is 146 Å². The van der Waals surface area contributed by atoms with Crippen molar-refractivity contribution >= 4 is 49.2 Å². The van der Waals surface area contributed by atoms with Crippen LogP contribution in [0, 0.1) is 20.8 Å². The van der Waals surface area contributed by atoms with E-state index in [0.29, 0.717) is 0 Å². The van der Waals surface area contributed by atoms with Crippen molar-refractivity contribution in [3.63, 3.8) is 0 Å². The van der Waals surface area contributed by atoms with E-state index in [0.717, 1.165) is 40.8 Å². The first kappa shape index (κ1) is 36.8. The molecule has 58 heavy (non-hydrogen) atoms. The number of nitrogens with zero attached hydrogens (tertiary/aromatic N) is 4. The zero-order valence-corrected chi connectivity index (χ0v) is 34.3. The summed E-state index contributed by atoms with van der Waals surface area (Å²) in [5, 5.41) is 4.92. The van der Waals surface area contributed by atoms with Crippen LogP contribution in [0.1, 0.15) is 55.0 Å². The molecule has 4 heteroatoms. The molecule has 0 fully saturated rings. The standard InChI is InChI=1S/C54H48N4/c1-8-11-38(25-34(3)4)40-16-19-49-46(27-40)44-18-15-43(30-51(44)57(49)53-32-55-23-21-36(53)6)45-31-52-48(29-42(45)12-9-2)47-28-41(39-14-10-13-35(5)26-39)17-20-50(47)58(52)54-33-56-24-22-37(54)7/h8,10-11,13-33H,1,9,12H2,2-7H3/b38-11+. The fourth-order valence-electron chi connectivity index (χ4n) is 8.79. The van der Waals surface area contributed by atoms with Gasteiger partial charge < -0.3 is 9.13 Å². The highest BCUT2D eigenvalue weighted by Crippen LogP contribution is 2.42. The molecule has 4 heterocycles. The Labute approximate surface area is 341 Å². The average molecular weight is 753 g/mol. The van der Waals surface area contributed by atoms with Crippen LogP contribution in [-0.2, 0) is 6.42 Å². The first-order valence-electron chi connectivity index (χ1n) is 20.3. The summed E-state index contributed by atoms with van der Waals surface area (Å²) in [7, 11) is 0. The Balaban J connectivity index is 1.33. The summed E-state index contributed by atoms with van der Waals surface area (Å²) < 4.78 is 4.82. The van der Waals surface area contributed by atoms with Crippen LogP contribution in [-0.4, -0.2) is 19.1 Å². The molecule has 4 aromatic heterocycles. The molecular formula is C54H48N4. The minimum Gasteiger partial charge on any atom is -0.307 e. The molecule has 0 atom stereocenters. The monoisotopic (exact) mass is 752 g/mol. The predicted molar refractivity (Wildman–Crippen MR) is 247 cm³/mol. The van der Waals surface area contributed by atoms with Crippen LogP contribution in [0.3, 0.4) is 0 Å². The van der Waals surface area contributed by atoms with Crippen molar-refractivity contribution in [2.24, 2.45) is 0 Å². The summed E-state index contributed by atoms with van der Waals surface area (Å²) in [6, 6.07) is 38.7. The molecule has 0 aliphatic carbocycles. The highest BCUT2D eigenvalue weighted by molar-refractivity contribution is 6.14. The van der Waals surface area contributed by atoms with E-state index in [-0.39, 0.29) is 0 Å². The van der Waals surface area contributed by atoms with Crippen molar-refractivity contribution in [3.8, 4) is 33.6 Å². The summed E-state index contributed by atoms with van der Waals surface area (Å²) in [6.07, 6.45) is 16.0. The van der Waals surface area contributed by atoms with Crippen LogP contribution in [0.4, 0.5) is 0 Å². The SMILES string of the molecule is C=C/C=C(\C=C(C)C)c1ccc2c(c1)c1ccc(-c3cc4c(cc3CCC)c3cc(-c5cccc(C)c5)ccc3n4-c3cnccc3C)cc1n2-c1cnccc1C. The maximum absolute atomic E-state index is 4.62. The van der Waals surface area contributed by atoms with Gasteiger partial charge in [0.1, 0.15) is 0 Å². The summed E-state index contributed by atoms with van der Waals surface area (Å²) in [5.41, 5.74) is 20.3. The second kappa shape index (κ2) is 14.9. The third kappa shape index (κ3) is 6.35. The molecule has 284 valence electrons. The first-order chi connectivity index (χ1) is 28.2. The zero-order chi connectivity index (χ0) is 40.1. The number of aromatic nitrogens is 4. The molecule has 0 unspecified atom stereocenters. The normalized spacial score (nSPS) is 11.9. The number of aryl methyl sites for hydroxylation is 4. The average Bonchev–Trinajstić information content (AvgIpc) is 3.71. The van der Waals surface area contributed by atoms with Crippen LogP contribution in [0.2, 0.25) is 0 Å². The van der Waals surface area contributed by atoms with Gasteiger partial charge in [-0.15, -0.1) is 0 Å². The summed E-state index contributed by atoms with van der Waals surface area (Å²) in [4.78, 5) is 9.23. The molecule has 4 nitrogen and oxygen atoms in total. The summed E-state index contributed by atoms with van der Waals surface area (Å²) in [5.74, 6) is 0. The molecule has 0 saturated carbocycles. The van der Waals surface area contributed by atoms with Gasteiger partial charge in [-0.1, -0.05) is 97.8 Å². The van der Waals surface area contributed by atoms with E-state index in [2.05, 4.69) is 183 Å². The van der Waals surface area contributed by atoms with Crippen molar-refractivity contribution < 1.29 is 0 Å². The number of allylic oxidation sites excluding steroid dienone is 5. The molecule has 5 aromatic carbocycles. The van der Waals surface area contributed by atoms with Gasteiger partial charge in [0.05, 0.1) is 45.8 Å². The van der Waals surface area contributed by atoms with E-state index in [4.69, 9.17) is 0 Å². The molecule has 9 aromatic rings. The Morgan fingerprint density at radius 2 is 1.26 bits per heavy atom. The Kier molecular flexibility index (Phi) is 9.49. The number of rotatable bonds is 9. The van der Waals surface area contributed by atoms with Gasteiger partial charge in [-0.25, -0.2) is 0 Å². The van der Waals surface area contributed by atoms with Gasteiger partial charge in [0.2, 0.25) is 0 Å². The lowest BCUT2D eigenvalue weighted by Crippen LogP contribution is -1.99. The number of fused-ring (bicyclic) bond motifs is 6. The molecule has 0 aliphatic heterocycles. The van der Waals surface area contributed by atoms with Crippen molar-refractivity contribution in [2.45, 2.75) is 54.4 Å². The minimum atomic E-state index is 0.969. The van der Waals surface area contributed by atoms with E-state index in [1.165, 1.54) is 88.2 Å². The lowest BCUT2D eigenvalue weighted by Gasteiger charge is -2.15. The molecular weight excluding hydrogens is 705 g/mol. The molecule has 0 amide bonds. The van der Waals surface area contributed by atoms with Crippen molar-refractivity contribution in [3.05, 3.63) is 186 Å². The smallest absolute Gasteiger partial charge is 0.0674 e. The van der Waals surface area contributed by atoms with Crippen molar-refractivity contribution in [1.29, 1.82) is 0 Å². The molecule has 0 bridgehead atoms.